The minimum atomic E-state index is -1.02. The van der Waals surface area contributed by atoms with Crippen molar-refractivity contribution >= 4 is 11.9 Å². The molecule has 20 heavy (non-hydrogen) atoms. The first-order chi connectivity index (χ1) is 9.43. The summed E-state index contributed by atoms with van der Waals surface area (Å²) in [6.07, 6.45) is 2.22. The number of carboxylic acids is 1. The van der Waals surface area contributed by atoms with Gasteiger partial charge in [0.1, 0.15) is 6.54 Å². The summed E-state index contributed by atoms with van der Waals surface area (Å²) in [7, 11) is 3.88. The van der Waals surface area contributed by atoms with Crippen LogP contribution >= 0.6 is 0 Å². The Morgan fingerprint density at radius 3 is 2.55 bits per heavy atom. The van der Waals surface area contributed by atoms with E-state index in [4.69, 9.17) is 5.11 Å². The number of carboxylic acid groups (broad SMARTS) is 1. The van der Waals surface area contributed by atoms with E-state index in [2.05, 4.69) is 10.3 Å². The molecular formula is C12H21N5O3. The van der Waals surface area contributed by atoms with Gasteiger partial charge in [0.15, 0.2) is 5.69 Å². The summed E-state index contributed by atoms with van der Waals surface area (Å²) in [5.74, 6) is -1.24. The van der Waals surface area contributed by atoms with Gasteiger partial charge in [0, 0.05) is 19.6 Å². The van der Waals surface area contributed by atoms with E-state index in [1.54, 1.807) is 4.90 Å². The first-order valence-corrected chi connectivity index (χ1v) is 6.50. The molecule has 1 aromatic rings. The van der Waals surface area contributed by atoms with Gasteiger partial charge in [-0.25, -0.2) is 4.68 Å². The molecule has 0 saturated carbocycles. The molecule has 8 nitrogen and oxygen atoms in total. The Morgan fingerprint density at radius 2 is 2.00 bits per heavy atom. The van der Waals surface area contributed by atoms with Gasteiger partial charge in [-0.05, 0) is 20.5 Å². The van der Waals surface area contributed by atoms with Gasteiger partial charge in [-0.3, -0.25) is 9.59 Å². The van der Waals surface area contributed by atoms with E-state index in [1.807, 2.05) is 25.9 Å². The first kappa shape index (κ1) is 16.1. The predicted molar refractivity (Wildman–Crippen MR) is 72.4 cm³/mol. The number of rotatable bonds is 8. The van der Waals surface area contributed by atoms with Crippen molar-refractivity contribution in [2.24, 2.45) is 0 Å². The predicted octanol–water partition coefficient (Wildman–Crippen LogP) is -0.223. The number of amides is 1. The van der Waals surface area contributed by atoms with E-state index in [0.717, 1.165) is 17.6 Å². The Kier molecular flexibility index (Phi) is 6.10. The molecular weight excluding hydrogens is 262 g/mol. The van der Waals surface area contributed by atoms with Crippen molar-refractivity contribution in [3.8, 4) is 0 Å². The largest absolute Gasteiger partial charge is 0.480 e. The van der Waals surface area contributed by atoms with E-state index in [9.17, 15) is 9.59 Å². The summed E-state index contributed by atoms with van der Waals surface area (Å²) in [4.78, 5) is 26.6. The third-order valence-corrected chi connectivity index (χ3v) is 2.65. The zero-order valence-electron chi connectivity index (χ0n) is 12.1. The molecule has 8 heteroatoms. The monoisotopic (exact) mass is 283 g/mol. The van der Waals surface area contributed by atoms with Crippen LogP contribution in [-0.4, -0.2) is 75.5 Å². The molecule has 1 N–H and O–H groups in total. The Labute approximate surface area is 118 Å². The maximum Gasteiger partial charge on any atom is 0.325 e. The quantitative estimate of drug-likeness (QED) is 0.709. The SMILES string of the molecule is CCCN(CCN(C)C)C(=O)c1cn(CC(=O)O)nn1. The van der Waals surface area contributed by atoms with Crippen LogP contribution in [0, 0.1) is 0 Å². The Morgan fingerprint density at radius 1 is 1.30 bits per heavy atom. The van der Waals surface area contributed by atoms with Crippen molar-refractivity contribution in [2.45, 2.75) is 19.9 Å². The summed E-state index contributed by atoms with van der Waals surface area (Å²) in [6.45, 7) is 3.70. The van der Waals surface area contributed by atoms with Gasteiger partial charge >= 0.3 is 5.97 Å². The molecule has 0 spiro atoms. The number of aromatic nitrogens is 3. The van der Waals surface area contributed by atoms with Crippen LogP contribution in [-0.2, 0) is 11.3 Å². The lowest BCUT2D eigenvalue weighted by molar-refractivity contribution is -0.137. The molecule has 112 valence electrons. The lowest BCUT2D eigenvalue weighted by atomic mass is 10.3. The minimum absolute atomic E-state index is 0.179. The van der Waals surface area contributed by atoms with Crippen LogP contribution in [0.5, 0.6) is 0 Å². The molecule has 0 saturated heterocycles. The number of nitrogens with zero attached hydrogens (tertiary/aromatic N) is 5. The average Bonchev–Trinajstić information content (AvgIpc) is 2.81. The normalized spacial score (nSPS) is 10.8. The lowest BCUT2D eigenvalue weighted by Gasteiger charge is -2.22. The summed E-state index contributed by atoms with van der Waals surface area (Å²) in [5.41, 5.74) is 0.179. The summed E-state index contributed by atoms with van der Waals surface area (Å²) >= 11 is 0. The molecule has 0 aromatic carbocycles. The van der Waals surface area contributed by atoms with Gasteiger partial charge in [-0.1, -0.05) is 12.1 Å². The fourth-order valence-corrected chi connectivity index (χ4v) is 1.68. The molecule has 1 amide bonds. The lowest BCUT2D eigenvalue weighted by Crippen LogP contribution is -2.37. The zero-order valence-corrected chi connectivity index (χ0v) is 12.1. The smallest absolute Gasteiger partial charge is 0.325 e. The Bertz CT molecular complexity index is 458. The van der Waals surface area contributed by atoms with E-state index >= 15 is 0 Å². The van der Waals surface area contributed by atoms with Crippen molar-refractivity contribution in [2.75, 3.05) is 33.7 Å². The highest BCUT2D eigenvalue weighted by molar-refractivity contribution is 5.92. The second kappa shape index (κ2) is 7.59. The average molecular weight is 283 g/mol. The second-order valence-electron chi connectivity index (χ2n) is 4.79. The molecule has 0 fully saturated rings. The van der Waals surface area contributed by atoms with Gasteiger partial charge in [-0.2, -0.15) is 0 Å². The molecule has 1 heterocycles. The van der Waals surface area contributed by atoms with Crippen molar-refractivity contribution in [3.63, 3.8) is 0 Å². The molecule has 0 aliphatic carbocycles. The molecule has 0 aliphatic rings. The van der Waals surface area contributed by atoms with Gasteiger partial charge in [-0.15, -0.1) is 5.10 Å². The van der Waals surface area contributed by atoms with E-state index in [0.29, 0.717) is 13.1 Å². The topological polar surface area (TPSA) is 91.6 Å². The molecule has 0 unspecified atom stereocenters. The van der Waals surface area contributed by atoms with Crippen LogP contribution in [0.25, 0.3) is 0 Å². The highest BCUT2D eigenvalue weighted by atomic mass is 16.4. The van der Waals surface area contributed by atoms with Crippen LogP contribution < -0.4 is 0 Å². The second-order valence-corrected chi connectivity index (χ2v) is 4.79. The standard InChI is InChI=1S/C12H21N5O3/c1-4-5-16(7-6-15(2)3)12(20)10-8-17(14-13-10)9-11(18)19/h8H,4-7,9H2,1-3H3,(H,18,19). The van der Waals surface area contributed by atoms with Gasteiger partial charge in [0.2, 0.25) is 0 Å². The fourth-order valence-electron chi connectivity index (χ4n) is 1.68. The van der Waals surface area contributed by atoms with E-state index < -0.39 is 5.97 Å². The number of likely N-dealkylation sites (N-methyl/N-ethyl adjacent to an activating group) is 1. The highest BCUT2D eigenvalue weighted by Gasteiger charge is 2.18. The van der Waals surface area contributed by atoms with Crippen molar-refractivity contribution in [1.29, 1.82) is 0 Å². The van der Waals surface area contributed by atoms with E-state index in [1.165, 1.54) is 6.20 Å². The van der Waals surface area contributed by atoms with Crippen LogP contribution in [0.15, 0.2) is 6.20 Å². The molecule has 0 atom stereocenters. The van der Waals surface area contributed by atoms with Gasteiger partial charge in [0.05, 0.1) is 6.20 Å². The van der Waals surface area contributed by atoms with Crippen LogP contribution in [0.2, 0.25) is 0 Å². The van der Waals surface area contributed by atoms with Gasteiger partial charge in [0.25, 0.3) is 5.91 Å². The van der Waals surface area contributed by atoms with Crippen LogP contribution in [0.4, 0.5) is 0 Å². The third kappa shape index (κ3) is 4.96. The number of hydrogen-bond donors (Lipinski definition) is 1. The summed E-state index contributed by atoms with van der Waals surface area (Å²) < 4.78 is 1.14. The Balaban J connectivity index is 2.72. The molecule has 0 bridgehead atoms. The van der Waals surface area contributed by atoms with E-state index in [-0.39, 0.29) is 18.1 Å². The van der Waals surface area contributed by atoms with Crippen LogP contribution in [0.1, 0.15) is 23.8 Å². The molecule has 0 aliphatic heterocycles. The highest BCUT2D eigenvalue weighted by Crippen LogP contribution is 2.03. The molecule has 0 radical (unpaired) electrons. The maximum atomic E-state index is 12.3. The number of aliphatic carboxylic acids is 1. The first-order valence-electron chi connectivity index (χ1n) is 6.50. The van der Waals surface area contributed by atoms with Crippen molar-refractivity contribution in [3.05, 3.63) is 11.9 Å². The van der Waals surface area contributed by atoms with Crippen LogP contribution in [0.3, 0.4) is 0 Å². The van der Waals surface area contributed by atoms with Crippen molar-refractivity contribution < 1.29 is 14.7 Å². The maximum absolute atomic E-state index is 12.3. The zero-order chi connectivity index (χ0) is 15.1. The minimum Gasteiger partial charge on any atom is -0.480 e. The summed E-state index contributed by atoms with van der Waals surface area (Å²) in [5, 5.41) is 16.1. The molecule has 1 rings (SSSR count). The number of carbonyl (C=O) groups excluding carboxylic acids is 1. The Hall–Kier alpha value is -1.96. The third-order valence-electron chi connectivity index (χ3n) is 2.65. The number of carbonyl (C=O) groups is 2. The fraction of sp³-hybridized carbons (Fsp3) is 0.667. The molecule has 1 aromatic heterocycles. The summed E-state index contributed by atoms with van der Waals surface area (Å²) in [6, 6.07) is 0. The van der Waals surface area contributed by atoms with Gasteiger partial charge < -0.3 is 14.9 Å². The van der Waals surface area contributed by atoms with Crippen molar-refractivity contribution in [1.82, 2.24) is 24.8 Å². The number of hydrogen-bond acceptors (Lipinski definition) is 5.